The normalized spacial score (nSPS) is 24.6. The third-order valence-corrected chi connectivity index (χ3v) is 6.42. The topological polar surface area (TPSA) is 70.0 Å². The summed E-state index contributed by atoms with van der Waals surface area (Å²) in [6.07, 6.45) is 1.07. The van der Waals surface area contributed by atoms with Crippen LogP contribution in [0.25, 0.3) is 10.9 Å². The van der Waals surface area contributed by atoms with Crippen molar-refractivity contribution < 1.29 is 24.1 Å². The van der Waals surface area contributed by atoms with E-state index in [0.717, 1.165) is 40.6 Å². The molecule has 0 unspecified atom stereocenters. The van der Waals surface area contributed by atoms with Gasteiger partial charge in [-0.1, -0.05) is 24.3 Å². The van der Waals surface area contributed by atoms with Gasteiger partial charge < -0.3 is 24.1 Å². The minimum atomic E-state index is -1.34. The van der Waals surface area contributed by atoms with Gasteiger partial charge in [-0.25, -0.2) is 4.98 Å². The molecule has 3 heterocycles. The third kappa shape index (κ3) is 2.41. The summed E-state index contributed by atoms with van der Waals surface area (Å²) in [5.74, 6) is 1.85. The van der Waals surface area contributed by atoms with Gasteiger partial charge in [0.05, 0.1) is 50.1 Å². The zero-order valence-corrected chi connectivity index (χ0v) is 17.6. The van der Waals surface area contributed by atoms with E-state index in [1.807, 2.05) is 43.3 Å². The van der Waals surface area contributed by atoms with E-state index in [-0.39, 0.29) is 12.2 Å². The van der Waals surface area contributed by atoms with Crippen molar-refractivity contribution in [3.05, 3.63) is 58.8 Å². The number of nitrogens with zero attached hydrogens (tertiary/aromatic N) is 1. The predicted octanol–water partition coefficient (Wildman–Crippen LogP) is 4.04. The van der Waals surface area contributed by atoms with E-state index in [1.54, 1.807) is 21.3 Å². The molecule has 5 rings (SSSR count). The van der Waals surface area contributed by atoms with Gasteiger partial charge in [-0.3, -0.25) is 0 Å². The van der Waals surface area contributed by atoms with Crippen molar-refractivity contribution in [3.63, 3.8) is 0 Å². The van der Waals surface area contributed by atoms with Crippen molar-refractivity contribution >= 4 is 10.9 Å². The highest BCUT2D eigenvalue weighted by Crippen LogP contribution is 2.56. The largest absolute Gasteiger partial charge is 0.496 e. The second-order valence-corrected chi connectivity index (χ2v) is 7.84. The Hall–Kier alpha value is -2.83. The van der Waals surface area contributed by atoms with Crippen LogP contribution in [0, 0.1) is 6.92 Å². The molecule has 0 saturated carbocycles. The fraction of sp³-hybridized carbons (Fsp3) is 0.375. The molecule has 2 aliphatic heterocycles. The van der Waals surface area contributed by atoms with Gasteiger partial charge in [0.2, 0.25) is 0 Å². The molecule has 1 fully saturated rings. The number of aliphatic hydroxyl groups is 1. The van der Waals surface area contributed by atoms with Gasteiger partial charge in [0.25, 0.3) is 0 Å². The summed E-state index contributed by atoms with van der Waals surface area (Å²) in [4.78, 5) is 4.73. The molecule has 2 aromatic carbocycles. The summed E-state index contributed by atoms with van der Waals surface area (Å²) in [6.45, 7) is 1.90. The van der Waals surface area contributed by atoms with Gasteiger partial charge in [0.1, 0.15) is 11.4 Å². The van der Waals surface area contributed by atoms with Crippen molar-refractivity contribution in [1.82, 2.24) is 4.98 Å². The zero-order valence-electron chi connectivity index (χ0n) is 17.6. The quantitative estimate of drug-likeness (QED) is 0.704. The number of benzene rings is 2. The second-order valence-electron chi connectivity index (χ2n) is 7.84. The summed E-state index contributed by atoms with van der Waals surface area (Å²) < 4.78 is 23.4. The van der Waals surface area contributed by atoms with Crippen LogP contribution in [0.4, 0.5) is 0 Å². The van der Waals surface area contributed by atoms with Crippen LogP contribution in [-0.2, 0) is 10.3 Å². The maximum atomic E-state index is 12.2. The zero-order chi connectivity index (χ0) is 21.0. The summed E-state index contributed by atoms with van der Waals surface area (Å²) in [5.41, 5.74) is 2.63. The highest BCUT2D eigenvalue weighted by molar-refractivity contribution is 5.93. The van der Waals surface area contributed by atoms with Crippen molar-refractivity contribution in [3.8, 4) is 17.2 Å². The molecule has 2 bridgehead atoms. The number of para-hydroxylation sites is 1. The third-order valence-electron chi connectivity index (χ3n) is 6.42. The standard InChI is InChI=1S/C24H25NO5/c1-13-22(28-3)23(29-4)21-16(25-13)10-9-15-20(21)18-11-12-19(30-18)24(15,26)14-7-5-6-8-17(14)27-2/h5-10,18-19,26H,11-12H2,1-4H3/t18-,19+,24+/m0/s1. The van der Waals surface area contributed by atoms with Gasteiger partial charge in [-0.05, 0) is 37.5 Å². The van der Waals surface area contributed by atoms with Crippen molar-refractivity contribution in [2.45, 2.75) is 37.6 Å². The molecule has 0 spiro atoms. The minimum Gasteiger partial charge on any atom is -0.496 e. The summed E-state index contributed by atoms with van der Waals surface area (Å²) in [5, 5.41) is 13.0. The lowest BCUT2D eigenvalue weighted by atomic mass is 9.77. The van der Waals surface area contributed by atoms with E-state index in [2.05, 4.69) is 0 Å². The lowest BCUT2D eigenvalue weighted by Gasteiger charge is -2.41. The average Bonchev–Trinajstić information content (AvgIpc) is 3.23. The first kappa shape index (κ1) is 19.2. The smallest absolute Gasteiger partial charge is 0.182 e. The van der Waals surface area contributed by atoms with E-state index < -0.39 is 5.60 Å². The highest BCUT2D eigenvalue weighted by atomic mass is 16.5. The van der Waals surface area contributed by atoms with E-state index >= 15 is 0 Å². The molecule has 0 amide bonds. The van der Waals surface area contributed by atoms with E-state index in [4.69, 9.17) is 23.9 Å². The predicted molar refractivity (Wildman–Crippen MR) is 112 cm³/mol. The molecule has 1 N–H and O–H groups in total. The molecule has 2 aliphatic rings. The molecule has 30 heavy (non-hydrogen) atoms. The maximum absolute atomic E-state index is 12.2. The van der Waals surface area contributed by atoms with E-state index in [1.165, 1.54) is 0 Å². The SMILES string of the molecule is COc1ccccc1[C@@]1(O)c2ccc3nc(C)c(OC)c(OC)c3c2[C@@H]2CC[C@H]1O2. The number of ether oxygens (including phenoxy) is 4. The molecule has 0 aliphatic carbocycles. The molecular formula is C24H25NO5. The van der Waals surface area contributed by atoms with Crippen molar-refractivity contribution in [2.24, 2.45) is 0 Å². The Bertz CT molecular complexity index is 1140. The first-order valence-electron chi connectivity index (χ1n) is 10.1. The summed E-state index contributed by atoms with van der Waals surface area (Å²) >= 11 is 0. The van der Waals surface area contributed by atoms with Crippen molar-refractivity contribution in [1.29, 1.82) is 0 Å². The summed E-state index contributed by atoms with van der Waals surface area (Å²) in [7, 11) is 4.86. The molecule has 3 atom stereocenters. The molecule has 1 saturated heterocycles. The monoisotopic (exact) mass is 407 g/mol. The van der Waals surface area contributed by atoms with Gasteiger partial charge in [0.15, 0.2) is 11.5 Å². The van der Waals surface area contributed by atoms with Crippen LogP contribution in [0.5, 0.6) is 17.2 Å². The van der Waals surface area contributed by atoms with Crippen LogP contribution in [0.3, 0.4) is 0 Å². The maximum Gasteiger partial charge on any atom is 0.182 e. The Balaban J connectivity index is 1.88. The minimum absolute atomic E-state index is 0.133. The Labute approximate surface area is 175 Å². The van der Waals surface area contributed by atoms with Crippen LogP contribution in [0.15, 0.2) is 36.4 Å². The Morgan fingerprint density at radius 1 is 0.967 bits per heavy atom. The Kier molecular flexibility index (Phi) is 4.38. The first-order valence-corrected chi connectivity index (χ1v) is 10.1. The van der Waals surface area contributed by atoms with Crippen LogP contribution < -0.4 is 14.2 Å². The number of fused-ring (bicyclic) bond motifs is 6. The van der Waals surface area contributed by atoms with Gasteiger partial charge in [-0.15, -0.1) is 0 Å². The van der Waals surface area contributed by atoms with E-state index in [9.17, 15) is 5.11 Å². The number of hydrogen-bond acceptors (Lipinski definition) is 6. The molecule has 156 valence electrons. The molecule has 0 radical (unpaired) electrons. The highest BCUT2D eigenvalue weighted by Gasteiger charge is 2.53. The lowest BCUT2D eigenvalue weighted by molar-refractivity contribution is -0.102. The number of pyridine rings is 1. The summed E-state index contributed by atoms with van der Waals surface area (Å²) in [6, 6.07) is 11.5. The Morgan fingerprint density at radius 3 is 2.47 bits per heavy atom. The van der Waals surface area contributed by atoms with Crippen LogP contribution in [0.2, 0.25) is 0 Å². The van der Waals surface area contributed by atoms with Crippen LogP contribution in [0.1, 0.15) is 41.3 Å². The fourth-order valence-corrected chi connectivity index (χ4v) is 5.16. The first-order chi connectivity index (χ1) is 14.5. The number of rotatable bonds is 4. The number of aromatic nitrogens is 1. The molecule has 6 nitrogen and oxygen atoms in total. The molecule has 6 heteroatoms. The molecule has 3 aromatic rings. The average molecular weight is 407 g/mol. The molecule has 1 aromatic heterocycles. The number of aryl methyl sites for hydroxylation is 1. The number of hydrogen-bond donors (Lipinski definition) is 1. The van der Waals surface area contributed by atoms with Crippen molar-refractivity contribution in [2.75, 3.05) is 21.3 Å². The second kappa shape index (κ2) is 6.86. The van der Waals surface area contributed by atoms with Gasteiger partial charge >= 0.3 is 0 Å². The van der Waals surface area contributed by atoms with Gasteiger partial charge in [-0.2, -0.15) is 0 Å². The van der Waals surface area contributed by atoms with Gasteiger partial charge in [0, 0.05) is 11.1 Å². The molecular weight excluding hydrogens is 382 g/mol. The van der Waals surface area contributed by atoms with E-state index in [0.29, 0.717) is 22.8 Å². The number of methoxy groups -OCH3 is 3. The van der Waals surface area contributed by atoms with Crippen LogP contribution >= 0.6 is 0 Å². The lowest BCUT2D eigenvalue weighted by Crippen LogP contribution is -2.44. The van der Waals surface area contributed by atoms with Crippen LogP contribution in [-0.4, -0.2) is 37.5 Å². The Morgan fingerprint density at radius 2 is 1.73 bits per heavy atom. The fourth-order valence-electron chi connectivity index (χ4n) is 5.16.